The number of carbonyl (C=O) groups excluding carboxylic acids is 1. The number of nitrogens with zero attached hydrogens (tertiary/aromatic N) is 1. The molecule has 0 saturated carbocycles. The van der Waals surface area contributed by atoms with E-state index in [0.717, 1.165) is 0 Å². The molecule has 0 radical (unpaired) electrons. The molecule has 0 aliphatic rings. The van der Waals surface area contributed by atoms with Crippen LogP contribution in [0.1, 0.15) is 10.4 Å². The van der Waals surface area contributed by atoms with E-state index in [-0.39, 0.29) is 16.0 Å². The fraction of sp³-hybridized carbons (Fsp3) is 0.143. The molecule has 7 heteroatoms. The lowest BCUT2D eigenvalue weighted by Crippen LogP contribution is -2.13. The summed E-state index contributed by atoms with van der Waals surface area (Å²) in [6, 6.07) is 4.84. The number of hydrogen-bond acceptors (Lipinski definition) is 4. The summed E-state index contributed by atoms with van der Waals surface area (Å²) in [4.78, 5) is 16.1. The van der Waals surface area contributed by atoms with Gasteiger partial charge in [0.15, 0.2) is 0 Å². The first-order valence-corrected chi connectivity index (χ1v) is 6.64. The van der Waals surface area contributed by atoms with Gasteiger partial charge in [-0.2, -0.15) is 0 Å². The molecule has 1 heterocycles. The van der Waals surface area contributed by atoms with Gasteiger partial charge in [0.1, 0.15) is 11.5 Å². The van der Waals surface area contributed by atoms with Crippen LogP contribution in [0.15, 0.2) is 30.6 Å². The summed E-state index contributed by atoms with van der Waals surface area (Å²) in [7, 11) is 3.01. The number of carbonyl (C=O) groups is 1. The van der Waals surface area contributed by atoms with Crippen molar-refractivity contribution < 1.29 is 14.3 Å². The zero-order valence-corrected chi connectivity index (χ0v) is 12.8. The zero-order valence-electron chi connectivity index (χ0n) is 11.3. The molecule has 0 spiro atoms. The molecule has 0 bridgehead atoms. The first-order valence-electron chi connectivity index (χ1n) is 5.88. The van der Waals surface area contributed by atoms with E-state index in [1.807, 2.05) is 0 Å². The molecular weight excluding hydrogens is 315 g/mol. The summed E-state index contributed by atoms with van der Waals surface area (Å²) < 4.78 is 10.2. The molecule has 2 aromatic rings. The topological polar surface area (TPSA) is 60.5 Å². The summed E-state index contributed by atoms with van der Waals surface area (Å²) in [5, 5.41) is 3.15. The fourth-order valence-electron chi connectivity index (χ4n) is 1.65. The van der Waals surface area contributed by atoms with Gasteiger partial charge in [-0.3, -0.25) is 9.78 Å². The summed E-state index contributed by atoms with van der Waals surface area (Å²) in [5.74, 6) is 0.625. The Labute approximate surface area is 131 Å². The second-order valence-corrected chi connectivity index (χ2v) is 4.85. The van der Waals surface area contributed by atoms with E-state index >= 15 is 0 Å². The van der Waals surface area contributed by atoms with Crippen LogP contribution in [-0.4, -0.2) is 25.1 Å². The minimum absolute atomic E-state index is 0.255. The third kappa shape index (κ3) is 3.56. The Kier molecular flexibility index (Phi) is 4.88. The predicted octanol–water partition coefficient (Wildman–Crippen LogP) is 3.66. The Morgan fingerprint density at radius 3 is 2.05 bits per heavy atom. The van der Waals surface area contributed by atoms with Crippen LogP contribution in [0.4, 0.5) is 5.69 Å². The molecule has 1 aromatic carbocycles. The second-order valence-electron chi connectivity index (χ2n) is 4.03. The van der Waals surface area contributed by atoms with E-state index in [4.69, 9.17) is 32.7 Å². The Morgan fingerprint density at radius 1 is 1.05 bits per heavy atom. The van der Waals surface area contributed by atoms with Crippen LogP contribution in [0.2, 0.25) is 10.0 Å². The quantitative estimate of drug-likeness (QED) is 0.931. The van der Waals surface area contributed by atoms with Crippen molar-refractivity contribution in [2.45, 2.75) is 0 Å². The number of methoxy groups -OCH3 is 2. The Hall–Kier alpha value is -1.98. The number of nitrogens with one attached hydrogen (secondary N) is 1. The molecule has 0 unspecified atom stereocenters. The minimum Gasteiger partial charge on any atom is -0.497 e. The molecule has 1 amide bonds. The maximum atomic E-state index is 12.3. The number of anilines is 1. The summed E-state index contributed by atoms with van der Waals surface area (Å²) in [5.41, 5.74) is 0.662. The number of rotatable bonds is 4. The highest BCUT2D eigenvalue weighted by atomic mass is 35.5. The number of benzene rings is 1. The van der Waals surface area contributed by atoms with Gasteiger partial charge in [-0.25, -0.2) is 0 Å². The lowest BCUT2D eigenvalue weighted by atomic mass is 10.2. The Morgan fingerprint density at radius 2 is 1.57 bits per heavy atom. The van der Waals surface area contributed by atoms with Gasteiger partial charge in [0.05, 0.1) is 30.0 Å². The SMILES string of the molecule is COc1cc(OC)cc(C(=O)Nc2c(Cl)cncc2Cl)c1. The largest absolute Gasteiger partial charge is 0.497 e. The van der Waals surface area contributed by atoms with E-state index in [1.165, 1.54) is 26.6 Å². The van der Waals surface area contributed by atoms with Crippen LogP contribution in [0.3, 0.4) is 0 Å². The normalized spacial score (nSPS) is 10.1. The van der Waals surface area contributed by atoms with Gasteiger partial charge in [-0.05, 0) is 12.1 Å². The first-order chi connectivity index (χ1) is 10.0. The number of ether oxygens (including phenoxy) is 2. The van der Waals surface area contributed by atoms with Gasteiger partial charge >= 0.3 is 0 Å². The summed E-state index contributed by atoms with van der Waals surface area (Å²) >= 11 is 11.9. The molecule has 5 nitrogen and oxygen atoms in total. The Balaban J connectivity index is 2.32. The summed E-state index contributed by atoms with van der Waals surface area (Å²) in [6.07, 6.45) is 2.80. The molecular formula is C14H12Cl2N2O3. The van der Waals surface area contributed by atoms with Gasteiger partial charge < -0.3 is 14.8 Å². The van der Waals surface area contributed by atoms with Crippen LogP contribution in [0, 0.1) is 0 Å². The van der Waals surface area contributed by atoms with Crippen molar-refractivity contribution in [3.63, 3.8) is 0 Å². The van der Waals surface area contributed by atoms with Gasteiger partial charge in [-0.15, -0.1) is 0 Å². The predicted molar refractivity (Wildman–Crippen MR) is 81.8 cm³/mol. The molecule has 0 aliphatic carbocycles. The monoisotopic (exact) mass is 326 g/mol. The maximum absolute atomic E-state index is 12.3. The average molecular weight is 327 g/mol. The highest BCUT2D eigenvalue weighted by Gasteiger charge is 2.14. The van der Waals surface area contributed by atoms with E-state index in [9.17, 15) is 4.79 Å². The van der Waals surface area contributed by atoms with E-state index in [0.29, 0.717) is 22.7 Å². The van der Waals surface area contributed by atoms with Gasteiger partial charge in [0.25, 0.3) is 5.91 Å². The number of pyridine rings is 1. The van der Waals surface area contributed by atoms with Gasteiger partial charge in [0.2, 0.25) is 0 Å². The number of amides is 1. The molecule has 1 aromatic heterocycles. The lowest BCUT2D eigenvalue weighted by Gasteiger charge is -2.11. The minimum atomic E-state index is -0.387. The average Bonchev–Trinajstić information content (AvgIpc) is 2.50. The molecule has 2 rings (SSSR count). The van der Waals surface area contributed by atoms with Crippen LogP contribution in [-0.2, 0) is 0 Å². The highest BCUT2D eigenvalue weighted by Crippen LogP contribution is 2.30. The molecule has 21 heavy (non-hydrogen) atoms. The van der Waals surface area contributed by atoms with Gasteiger partial charge in [-0.1, -0.05) is 23.2 Å². The standard InChI is InChI=1S/C14H12Cl2N2O3/c1-20-9-3-8(4-10(5-9)21-2)14(19)18-13-11(15)6-17-7-12(13)16/h3-7H,1-2H3,(H,17,18,19). The van der Waals surface area contributed by atoms with Crippen LogP contribution in [0.25, 0.3) is 0 Å². The molecule has 0 atom stereocenters. The molecule has 0 fully saturated rings. The van der Waals surface area contributed by atoms with Crippen molar-refractivity contribution >= 4 is 34.8 Å². The van der Waals surface area contributed by atoms with Crippen LogP contribution < -0.4 is 14.8 Å². The van der Waals surface area contributed by atoms with Crippen molar-refractivity contribution in [2.24, 2.45) is 0 Å². The Bertz CT molecular complexity index is 635. The van der Waals surface area contributed by atoms with E-state index in [1.54, 1.807) is 18.2 Å². The first kappa shape index (κ1) is 15.4. The zero-order chi connectivity index (χ0) is 15.4. The third-order valence-electron chi connectivity index (χ3n) is 2.71. The number of aromatic nitrogens is 1. The van der Waals surface area contributed by atoms with Crippen molar-refractivity contribution in [3.05, 3.63) is 46.2 Å². The fourth-order valence-corrected chi connectivity index (χ4v) is 2.11. The molecule has 1 N–H and O–H groups in total. The third-order valence-corrected chi connectivity index (χ3v) is 3.28. The van der Waals surface area contributed by atoms with Gasteiger partial charge in [0, 0.05) is 24.0 Å². The van der Waals surface area contributed by atoms with E-state index < -0.39 is 0 Å². The highest BCUT2D eigenvalue weighted by molar-refractivity contribution is 6.39. The van der Waals surface area contributed by atoms with Crippen LogP contribution in [0.5, 0.6) is 11.5 Å². The van der Waals surface area contributed by atoms with Crippen molar-refractivity contribution in [1.82, 2.24) is 4.98 Å². The lowest BCUT2D eigenvalue weighted by molar-refractivity contribution is 0.102. The molecule has 0 saturated heterocycles. The maximum Gasteiger partial charge on any atom is 0.256 e. The van der Waals surface area contributed by atoms with Crippen LogP contribution >= 0.6 is 23.2 Å². The molecule has 0 aliphatic heterocycles. The number of halogens is 2. The summed E-state index contributed by atoms with van der Waals surface area (Å²) in [6.45, 7) is 0. The van der Waals surface area contributed by atoms with Crippen molar-refractivity contribution in [1.29, 1.82) is 0 Å². The second kappa shape index (κ2) is 6.65. The van der Waals surface area contributed by atoms with Crippen molar-refractivity contribution in [2.75, 3.05) is 19.5 Å². The number of hydrogen-bond donors (Lipinski definition) is 1. The smallest absolute Gasteiger partial charge is 0.256 e. The molecule has 110 valence electrons. The van der Waals surface area contributed by atoms with Crippen molar-refractivity contribution in [3.8, 4) is 11.5 Å². The van der Waals surface area contributed by atoms with E-state index in [2.05, 4.69) is 10.3 Å².